The Balaban J connectivity index is 1.92. The zero-order valence-electron chi connectivity index (χ0n) is 17.6. The standard InChI is InChI=1S/C23H25F3N2O3/c1-4-27(2)22(30)20-14-28(21(29)15-8-10-18(31-3)11-9-15)13-19(20)16-6-5-7-17(12-16)23(24,25)26/h5-12,19-20H,4,13-14H2,1-3H3/t19-,20-/m1/s1. The average Bonchev–Trinajstić information content (AvgIpc) is 3.22. The second kappa shape index (κ2) is 8.99. The van der Waals surface area contributed by atoms with Gasteiger partial charge in [-0.25, -0.2) is 0 Å². The summed E-state index contributed by atoms with van der Waals surface area (Å²) < 4.78 is 44.8. The predicted molar refractivity (Wildman–Crippen MR) is 110 cm³/mol. The molecule has 31 heavy (non-hydrogen) atoms. The van der Waals surface area contributed by atoms with Crippen molar-refractivity contribution in [1.82, 2.24) is 9.80 Å². The molecule has 8 heteroatoms. The summed E-state index contributed by atoms with van der Waals surface area (Å²) >= 11 is 0. The molecule has 0 aromatic heterocycles. The molecule has 0 unspecified atom stereocenters. The lowest BCUT2D eigenvalue weighted by Crippen LogP contribution is -2.36. The van der Waals surface area contributed by atoms with Crippen LogP contribution in [-0.2, 0) is 11.0 Å². The van der Waals surface area contributed by atoms with Gasteiger partial charge in [0.2, 0.25) is 5.91 Å². The molecule has 0 aliphatic carbocycles. The van der Waals surface area contributed by atoms with Gasteiger partial charge in [0.25, 0.3) is 5.91 Å². The van der Waals surface area contributed by atoms with Crippen molar-refractivity contribution in [2.24, 2.45) is 5.92 Å². The van der Waals surface area contributed by atoms with Crippen LogP contribution in [0.3, 0.4) is 0 Å². The van der Waals surface area contributed by atoms with E-state index in [-0.39, 0.29) is 24.9 Å². The molecule has 5 nitrogen and oxygen atoms in total. The molecule has 0 saturated carbocycles. The molecule has 1 aliphatic rings. The third-order valence-corrected chi connectivity index (χ3v) is 5.75. The summed E-state index contributed by atoms with van der Waals surface area (Å²) in [5, 5.41) is 0. The highest BCUT2D eigenvalue weighted by Crippen LogP contribution is 2.37. The van der Waals surface area contributed by atoms with E-state index in [1.807, 2.05) is 6.92 Å². The van der Waals surface area contributed by atoms with Crippen molar-refractivity contribution in [3.05, 3.63) is 65.2 Å². The Hall–Kier alpha value is -3.03. The maximum Gasteiger partial charge on any atom is 0.416 e. The normalized spacial score (nSPS) is 18.7. The van der Waals surface area contributed by atoms with Crippen LogP contribution in [0.2, 0.25) is 0 Å². The van der Waals surface area contributed by atoms with Crippen LogP contribution in [-0.4, -0.2) is 55.4 Å². The molecule has 2 atom stereocenters. The Morgan fingerprint density at radius 2 is 1.81 bits per heavy atom. The van der Waals surface area contributed by atoms with Crippen LogP contribution in [0, 0.1) is 5.92 Å². The highest BCUT2D eigenvalue weighted by molar-refractivity contribution is 5.95. The first kappa shape index (κ1) is 22.7. The van der Waals surface area contributed by atoms with E-state index in [9.17, 15) is 22.8 Å². The summed E-state index contributed by atoms with van der Waals surface area (Å²) in [6.07, 6.45) is -4.48. The van der Waals surface area contributed by atoms with Crippen LogP contribution in [0.4, 0.5) is 13.2 Å². The Labute approximate surface area is 179 Å². The number of hydrogen-bond acceptors (Lipinski definition) is 3. The van der Waals surface area contributed by atoms with E-state index >= 15 is 0 Å². The lowest BCUT2D eigenvalue weighted by atomic mass is 9.87. The number of halogens is 3. The fourth-order valence-electron chi connectivity index (χ4n) is 3.86. The maximum absolute atomic E-state index is 13.2. The minimum atomic E-state index is -4.48. The fraction of sp³-hybridized carbons (Fsp3) is 0.391. The third kappa shape index (κ3) is 4.84. The zero-order chi connectivity index (χ0) is 22.8. The van der Waals surface area contributed by atoms with Gasteiger partial charge in [-0.1, -0.05) is 18.2 Å². The molecule has 0 spiro atoms. The van der Waals surface area contributed by atoms with Gasteiger partial charge < -0.3 is 14.5 Å². The molecule has 1 fully saturated rings. The molecule has 2 aromatic rings. The number of carbonyl (C=O) groups is 2. The number of carbonyl (C=O) groups excluding carboxylic acids is 2. The Morgan fingerprint density at radius 3 is 2.39 bits per heavy atom. The lowest BCUT2D eigenvalue weighted by Gasteiger charge is -2.23. The van der Waals surface area contributed by atoms with Crippen LogP contribution in [0.15, 0.2) is 48.5 Å². The molecule has 3 rings (SSSR count). The molecule has 0 bridgehead atoms. The number of benzene rings is 2. The first-order chi connectivity index (χ1) is 14.7. The molecule has 2 amide bonds. The van der Waals surface area contributed by atoms with Crippen LogP contribution in [0.5, 0.6) is 5.75 Å². The quantitative estimate of drug-likeness (QED) is 0.714. The Bertz CT molecular complexity index is 944. The maximum atomic E-state index is 13.2. The Kier molecular flexibility index (Phi) is 6.57. The molecule has 1 heterocycles. The number of rotatable bonds is 5. The fourth-order valence-corrected chi connectivity index (χ4v) is 3.86. The van der Waals surface area contributed by atoms with Crippen molar-refractivity contribution in [1.29, 1.82) is 0 Å². The van der Waals surface area contributed by atoms with Gasteiger partial charge in [-0.05, 0) is 42.8 Å². The molecule has 0 N–H and O–H groups in total. The van der Waals surface area contributed by atoms with Crippen LogP contribution >= 0.6 is 0 Å². The monoisotopic (exact) mass is 434 g/mol. The number of methoxy groups -OCH3 is 1. The summed E-state index contributed by atoms with van der Waals surface area (Å²) in [5.41, 5.74) is 0.0724. The lowest BCUT2D eigenvalue weighted by molar-refractivity contribution is -0.137. The van der Waals surface area contributed by atoms with Crippen molar-refractivity contribution in [2.75, 3.05) is 33.8 Å². The van der Waals surface area contributed by atoms with Crippen molar-refractivity contribution < 1.29 is 27.5 Å². The first-order valence-corrected chi connectivity index (χ1v) is 10.0. The smallest absolute Gasteiger partial charge is 0.416 e. The number of hydrogen-bond donors (Lipinski definition) is 0. The summed E-state index contributed by atoms with van der Waals surface area (Å²) in [5.74, 6) is -0.983. The van der Waals surface area contributed by atoms with Gasteiger partial charge in [0.05, 0.1) is 18.6 Å². The topological polar surface area (TPSA) is 49.9 Å². The van der Waals surface area contributed by atoms with E-state index in [1.165, 1.54) is 18.1 Å². The van der Waals surface area contributed by atoms with Crippen molar-refractivity contribution in [2.45, 2.75) is 19.0 Å². The van der Waals surface area contributed by atoms with Crippen LogP contribution in [0.1, 0.15) is 34.3 Å². The number of alkyl halides is 3. The van der Waals surface area contributed by atoms with Gasteiger partial charge in [-0.2, -0.15) is 13.2 Å². The van der Waals surface area contributed by atoms with Gasteiger partial charge in [0.1, 0.15) is 5.75 Å². The average molecular weight is 434 g/mol. The van der Waals surface area contributed by atoms with Gasteiger partial charge in [0.15, 0.2) is 0 Å². The number of ether oxygens (including phenoxy) is 1. The van der Waals surface area contributed by atoms with Crippen molar-refractivity contribution in [3.8, 4) is 5.75 Å². The summed E-state index contributed by atoms with van der Waals surface area (Å²) in [4.78, 5) is 29.1. The predicted octanol–water partition coefficient (Wildman–Crippen LogP) is 4.05. The van der Waals surface area contributed by atoms with E-state index in [0.29, 0.717) is 23.4 Å². The van der Waals surface area contributed by atoms with Gasteiger partial charge in [0, 0.05) is 38.2 Å². The van der Waals surface area contributed by atoms with E-state index in [1.54, 1.807) is 42.3 Å². The second-order valence-corrected chi connectivity index (χ2v) is 7.63. The van der Waals surface area contributed by atoms with Gasteiger partial charge in [-0.15, -0.1) is 0 Å². The zero-order valence-corrected chi connectivity index (χ0v) is 17.6. The minimum Gasteiger partial charge on any atom is -0.497 e. The molecular formula is C23H25F3N2O3. The molecule has 166 valence electrons. The highest BCUT2D eigenvalue weighted by atomic mass is 19.4. The SMILES string of the molecule is CCN(C)C(=O)[C@@H]1CN(C(=O)c2ccc(OC)cc2)C[C@@H]1c1cccc(C(F)(F)F)c1. The molecule has 0 radical (unpaired) electrons. The minimum absolute atomic E-state index is 0.148. The molecule has 2 aromatic carbocycles. The molecular weight excluding hydrogens is 409 g/mol. The summed E-state index contributed by atoms with van der Waals surface area (Å²) in [6, 6.07) is 11.6. The van der Waals surface area contributed by atoms with E-state index < -0.39 is 23.6 Å². The highest BCUT2D eigenvalue weighted by Gasteiger charge is 2.42. The third-order valence-electron chi connectivity index (χ3n) is 5.75. The number of nitrogens with zero attached hydrogens (tertiary/aromatic N) is 2. The Morgan fingerprint density at radius 1 is 1.13 bits per heavy atom. The number of amides is 2. The van der Waals surface area contributed by atoms with Crippen molar-refractivity contribution in [3.63, 3.8) is 0 Å². The summed E-state index contributed by atoms with van der Waals surface area (Å²) in [6.45, 7) is 2.61. The van der Waals surface area contributed by atoms with E-state index in [0.717, 1.165) is 12.1 Å². The second-order valence-electron chi connectivity index (χ2n) is 7.63. The first-order valence-electron chi connectivity index (χ1n) is 10.0. The van der Waals surface area contributed by atoms with E-state index in [4.69, 9.17) is 4.74 Å². The molecule has 1 aliphatic heterocycles. The van der Waals surface area contributed by atoms with Crippen molar-refractivity contribution >= 4 is 11.8 Å². The van der Waals surface area contributed by atoms with Crippen LogP contribution in [0.25, 0.3) is 0 Å². The van der Waals surface area contributed by atoms with Crippen LogP contribution < -0.4 is 4.74 Å². The van der Waals surface area contributed by atoms with Gasteiger partial charge >= 0.3 is 6.18 Å². The van der Waals surface area contributed by atoms with Gasteiger partial charge in [-0.3, -0.25) is 9.59 Å². The molecule has 1 saturated heterocycles. The summed E-state index contributed by atoms with van der Waals surface area (Å²) in [7, 11) is 3.18. The number of likely N-dealkylation sites (tertiary alicyclic amines) is 1. The van der Waals surface area contributed by atoms with E-state index in [2.05, 4.69) is 0 Å². The largest absolute Gasteiger partial charge is 0.497 e.